The molecule has 16 heteroatoms. The second kappa shape index (κ2) is 11.7. The normalized spacial score (nSPS) is 15.3. The number of rotatable bonds is 2. The number of nitrogens with zero attached hydrogens (tertiary/aromatic N) is 8. The second-order valence-electron chi connectivity index (χ2n) is 11.3. The summed E-state index contributed by atoms with van der Waals surface area (Å²) in [4.78, 5) is 3.94. The molecule has 4 aromatic rings. The van der Waals surface area contributed by atoms with Gasteiger partial charge in [-0.3, -0.25) is 0 Å². The van der Waals surface area contributed by atoms with Crippen LogP contribution in [0.2, 0.25) is 0 Å². The van der Waals surface area contributed by atoms with Gasteiger partial charge in [-0.15, -0.1) is 45.3 Å². The lowest BCUT2D eigenvalue weighted by Crippen LogP contribution is -2.16. The fourth-order valence-corrected chi connectivity index (χ4v) is 11.9. The van der Waals surface area contributed by atoms with Crippen molar-refractivity contribution in [1.29, 1.82) is 42.1 Å². The smallest absolute Gasteiger partial charge is 0.196 e. The Morgan fingerprint density at radius 1 is 0.462 bits per heavy atom. The SMILES string of the molecule is CC1c2cc(-c3cc4c(s3)C(=C(C#N)C#N)C(F)(F)C4=C(C#N)C#N)sc2-c2sc(-c3cc4c(s3)C(=C(C#N)C#N)C(F)(F)C4=C(C#N)C#N)cc21. The van der Waals surface area contributed by atoms with Crippen molar-refractivity contribution in [3.05, 3.63) is 78.6 Å². The van der Waals surface area contributed by atoms with Crippen molar-refractivity contribution in [2.75, 3.05) is 0 Å². The first kappa shape index (κ1) is 33.9. The van der Waals surface area contributed by atoms with Gasteiger partial charge in [-0.2, -0.15) is 59.7 Å². The summed E-state index contributed by atoms with van der Waals surface area (Å²) in [5.41, 5.74) is -5.09. The van der Waals surface area contributed by atoms with Crippen LogP contribution < -0.4 is 0 Å². The number of fused-ring (bicyclic) bond motifs is 5. The van der Waals surface area contributed by atoms with Gasteiger partial charge in [0.15, 0.2) is 0 Å². The van der Waals surface area contributed by atoms with Gasteiger partial charge in [0, 0.05) is 56.1 Å². The van der Waals surface area contributed by atoms with Crippen molar-refractivity contribution < 1.29 is 17.6 Å². The molecule has 0 radical (unpaired) electrons. The number of hydrogen-bond acceptors (Lipinski definition) is 12. The van der Waals surface area contributed by atoms with Gasteiger partial charge in [-0.1, -0.05) is 6.92 Å². The van der Waals surface area contributed by atoms with E-state index in [0.717, 1.165) is 43.6 Å². The monoisotopic (exact) mass is 756 g/mol. The van der Waals surface area contributed by atoms with Crippen LogP contribution in [0.4, 0.5) is 17.6 Å². The van der Waals surface area contributed by atoms with E-state index in [2.05, 4.69) is 0 Å². The van der Waals surface area contributed by atoms with Gasteiger partial charge in [0.05, 0.1) is 22.3 Å². The van der Waals surface area contributed by atoms with Gasteiger partial charge < -0.3 is 0 Å². The molecule has 0 N–H and O–H groups in total. The summed E-state index contributed by atoms with van der Waals surface area (Å²) in [5.74, 6) is -7.99. The van der Waals surface area contributed by atoms with E-state index in [4.69, 9.17) is 0 Å². The average Bonchev–Trinajstić information content (AvgIpc) is 3.97. The van der Waals surface area contributed by atoms with Crippen LogP contribution in [-0.2, 0) is 0 Å². The summed E-state index contributed by atoms with van der Waals surface area (Å²) in [6.45, 7) is 1.96. The summed E-state index contributed by atoms with van der Waals surface area (Å²) >= 11 is 4.55. The number of halogens is 4. The lowest BCUT2D eigenvalue weighted by atomic mass is 9.99. The molecule has 0 aliphatic heterocycles. The highest BCUT2D eigenvalue weighted by molar-refractivity contribution is 7.29. The fraction of sp³-hybridized carbons (Fsp3) is 0.111. The van der Waals surface area contributed by atoms with Crippen molar-refractivity contribution in [2.24, 2.45) is 0 Å². The van der Waals surface area contributed by atoms with E-state index in [1.165, 1.54) is 83.4 Å². The molecule has 8 nitrogen and oxygen atoms in total. The van der Waals surface area contributed by atoms with E-state index < -0.39 is 56.4 Å². The molecular formula is C36H8F4N8S4. The Balaban J connectivity index is 1.35. The number of thiophene rings is 4. The summed E-state index contributed by atoms with van der Waals surface area (Å²) in [5, 5.41) is 75.8. The van der Waals surface area contributed by atoms with Crippen LogP contribution in [0.5, 0.6) is 0 Å². The van der Waals surface area contributed by atoms with Crippen molar-refractivity contribution >= 4 is 67.6 Å². The average molecular weight is 757 g/mol. The summed E-state index contributed by atoms with van der Waals surface area (Å²) in [7, 11) is 0. The summed E-state index contributed by atoms with van der Waals surface area (Å²) in [6, 6.07) is 18.7. The van der Waals surface area contributed by atoms with E-state index in [9.17, 15) is 42.1 Å². The lowest BCUT2D eigenvalue weighted by Gasteiger charge is -2.14. The van der Waals surface area contributed by atoms with E-state index in [-0.39, 0.29) is 26.8 Å². The molecular weight excluding hydrogens is 749 g/mol. The Kier molecular flexibility index (Phi) is 7.65. The Labute approximate surface area is 306 Å². The Morgan fingerprint density at radius 2 is 0.731 bits per heavy atom. The number of hydrogen-bond donors (Lipinski definition) is 0. The minimum atomic E-state index is -3.92. The van der Waals surface area contributed by atoms with Gasteiger partial charge in [0.1, 0.15) is 70.8 Å². The lowest BCUT2D eigenvalue weighted by molar-refractivity contribution is 0.138. The zero-order valence-electron chi connectivity index (χ0n) is 25.6. The quantitative estimate of drug-likeness (QED) is 0.142. The molecule has 0 aromatic carbocycles. The highest BCUT2D eigenvalue weighted by Gasteiger charge is 2.54. The second-order valence-corrected chi connectivity index (χ2v) is 15.5. The first-order chi connectivity index (χ1) is 24.9. The molecule has 0 atom stereocenters. The minimum Gasteiger partial charge on any atom is -0.196 e. The van der Waals surface area contributed by atoms with E-state index >= 15 is 17.6 Å². The topological polar surface area (TPSA) is 190 Å². The van der Waals surface area contributed by atoms with Crippen LogP contribution in [0, 0.1) is 90.6 Å². The highest BCUT2D eigenvalue weighted by Crippen LogP contribution is 2.62. The molecule has 3 aliphatic rings. The van der Waals surface area contributed by atoms with Crippen molar-refractivity contribution in [1.82, 2.24) is 0 Å². The maximum absolute atomic E-state index is 15.6. The zero-order valence-corrected chi connectivity index (χ0v) is 28.9. The van der Waals surface area contributed by atoms with Crippen LogP contribution >= 0.6 is 45.3 Å². The third-order valence-corrected chi connectivity index (χ3v) is 13.9. The molecule has 0 saturated heterocycles. The van der Waals surface area contributed by atoms with Crippen LogP contribution in [0.15, 0.2) is 46.6 Å². The molecule has 7 rings (SSSR count). The Morgan fingerprint density at radius 3 is 1.04 bits per heavy atom. The Bertz CT molecular complexity index is 2470. The van der Waals surface area contributed by atoms with Crippen LogP contribution in [0.1, 0.15) is 44.8 Å². The van der Waals surface area contributed by atoms with Gasteiger partial charge in [-0.25, -0.2) is 0 Å². The standard InChI is InChI=1S/C36H8F4N8S4/c1-14-19-2-23(25-4-21-27(15(6-41)7-42)35(37,38)29(31(21)49-25)17(10-45)11-46)51-33(19)34-20(14)3-24(52-34)26-5-22-28(16(8-43)9-44)36(39,40)30(32(22)50-26)18(12-47)13-48/h2-5,14H,1H3. The van der Waals surface area contributed by atoms with Crippen molar-refractivity contribution in [2.45, 2.75) is 24.7 Å². The third-order valence-electron chi connectivity index (χ3n) is 8.75. The van der Waals surface area contributed by atoms with Crippen LogP contribution in [0.25, 0.3) is 51.6 Å². The van der Waals surface area contributed by atoms with Crippen molar-refractivity contribution in [3.63, 3.8) is 0 Å². The molecule has 3 aliphatic carbocycles. The molecule has 244 valence electrons. The predicted molar refractivity (Wildman–Crippen MR) is 184 cm³/mol. The molecule has 4 heterocycles. The Hall–Kier alpha value is -6.60. The zero-order chi connectivity index (χ0) is 37.4. The largest absolute Gasteiger partial charge is 0.304 e. The maximum atomic E-state index is 15.6. The fourth-order valence-electron chi connectivity index (χ4n) is 6.53. The molecule has 0 bridgehead atoms. The van der Waals surface area contributed by atoms with E-state index in [1.54, 1.807) is 0 Å². The van der Waals surface area contributed by atoms with Crippen LogP contribution in [0.3, 0.4) is 0 Å². The first-order valence-corrected chi connectivity index (χ1v) is 17.7. The van der Waals surface area contributed by atoms with Gasteiger partial charge in [0.2, 0.25) is 0 Å². The maximum Gasteiger partial charge on any atom is 0.304 e. The summed E-state index contributed by atoms with van der Waals surface area (Å²) < 4.78 is 62.6. The first-order valence-electron chi connectivity index (χ1n) is 14.4. The highest BCUT2D eigenvalue weighted by atomic mass is 32.1. The van der Waals surface area contributed by atoms with E-state index in [1.807, 2.05) is 19.1 Å². The minimum absolute atomic E-state index is 0.0816. The molecule has 0 amide bonds. The predicted octanol–water partition coefficient (Wildman–Crippen LogP) is 9.90. The molecule has 0 unspecified atom stereocenters. The molecule has 0 spiro atoms. The van der Waals surface area contributed by atoms with Crippen LogP contribution in [-0.4, -0.2) is 11.8 Å². The third kappa shape index (κ3) is 4.38. The van der Waals surface area contributed by atoms with Gasteiger partial charge in [-0.05, 0) is 35.4 Å². The molecule has 4 aromatic heterocycles. The number of allylic oxidation sites excluding steroid dienone is 8. The van der Waals surface area contributed by atoms with Gasteiger partial charge >= 0.3 is 11.8 Å². The van der Waals surface area contributed by atoms with Crippen molar-refractivity contribution in [3.8, 4) is 77.8 Å². The molecule has 52 heavy (non-hydrogen) atoms. The number of nitriles is 8. The van der Waals surface area contributed by atoms with E-state index in [0.29, 0.717) is 19.5 Å². The summed E-state index contributed by atoms with van der Waals surface area (Å²) in [6.07, 6.45) is 0. The van der Waals surface area contributed by atoms with Gasteiger partial charge in [0.25, 0.3) is 0 Å². The molecule has 0 fully saturated rings. The number of alkyl halides is 4. The molecule has 0 saturated carbocycles.